The summed E-state index contributed by atoms with van der Waals surface area (Å²) in [4.78, 5) is 36.5. The first-order valence-electron chi connectivity index (χ1n) is 9.75. The van der Waals surface area contributed by atoms with E-state index in [1.807, 2.05) is 0 Å². The molecule has 8 nitrogen and oxygen atoms in total. The van der Waals surface area contributed by atoms with Crippen LogP contribution in [0, 0.1) is 5.82 Å². The predicted octanol–water partition coefficient (Wildman–Crippen LogP) is 3.53. The summed E-state index contributed by atoms with van der Waals surface area (Å²) in [7, 11) is 1.52. The van der Waals surface area contributed by atoms with Crippen molar-refractivity contribution in [2.45, 2.75) is 6.92 Å². The van der Waals surface area contributed by atoms with Crippen LogP contribution < -0.4 is 20.2 Å². The van der Waals surface area contributed by atoms with Crippen LogP contribution in [0.15, 0.2) is 77.9 Å². The molecule has 9 heteroatoms. The van der Waals surface area contributed by atoms with Crippen LogP contribution in [0.1, 0.15) is 22.8 Å². The van der Waals surface area contributed by atoms with Gasteiger partial charge in [0, 0.05) is 5.56 Å². The molecule has 33 heavy (non-hydrogen) atoms. The number of para-hydroxylation sites is 2. The minimum Gasteiger partial charge on any atom is -0.497 e. The van der Waals surface area contributed by atoms with E-state index in [4.69, 9.17) is 9.47 Å². The topological polar surface area (TPSA) is 106 Å². The second-order valence-corrected chi connectivity index (χ2v) is 6.69. The number of methoxy groups -OCH3 is 1. The fourth-order valence-corrected chi connectivity index (χ4v) is 2.73. The molecule has 0 spiro atoms. The molecule has 0 saturated carbocycles. The van der Waals surface area contributed by atoms with Crippen molar-refractivity contribution >= 4 is 29.2 Å². The lowest BCUT2D eigenvalue weighted by Crippen LogP contribution is -2.33. The molecule has 0 unspecified atom stereocenters. The quantitative estimate of drug-likeness (QED) is 0.197. The lowest BCUT2D eigenvalue weighted by atomic mass is 10.1. The zero-order chi connectivity index (χ0) is 23.8. The number of carbonyl (C=O) groups is 3. The van der Waals surface area contributed by atoms with Gasteiger partial charge in [0.25, 0.3) is 0 Å². The number of hydrogen-bond acceptors (Lipinski definition) is 6. The average Bonchev–Trinajstić information content (AvgIpc) is 2.84. The molecule has 0 aliphatic carbocycles. The summed E-state index contributed by atoms with van der Waals surface area (Å²) >= 11 is 0. The molecule has 168 valence electrons. The third-order valence-electron chi connectivity index (χ3n) is 4.46. The third-order valence-corrected chi connectivity index (χ3v) is 4.46. The molecule has 0 heterocycles. The van der Waals surface area contributed by atoms with Crippen molar-refractivity contribution in [2.24, 2.45) is 5.10 Å². The van der Waals surface area contributed by atoms with Crippen molar-refractivity contribution in [3.8, 4) is 11.5 Å². The van der Waals surface area contributed by atoms with Crippen LogP contribution >= 0.6 is 0 Å². The van der Waals surface area contributed by atoms with Crippen LogP contribution in [-0.2, 0) is 9.59 Å². The van der Waals surface area contributed by atoms with E-state index in [-0.39, 0.29) is 17.1 Å². The first-order valence-corrected chi connectivity index (χ1v) is 9.75. The highest BCUT2D eigenvalue weighted by Gasteiger charge is 2.17. The van der Waals surface area contributed by atoms with Crippen molar-refractivity contribution in [3.05, 3.63) is 89.7 Å². The molecule has 0 aliphatic heterocycles. The van der Waals surface area contributed by atoms with Crippen LogP contribution in [0.4, 0.5) is 10.1 Å². The number of hydrogen-bond donors (Lipinski definition) is 2. The number of amides is 2. The lowest BCUT2D eigenvalue weighted by Gasteiger charge is -2.10. The Hall–Kier alpha value is -4.53. The van der Waals surface area contributed by atoms with Crippen LogP contribution in [-0.4, -0.2) is 30.6 Å². The van der Waals surface area contributed by atoms with Gasteiger partial charge in [0.05, 0.1) is 24.1 Å². The molecule has 0 bridgehead atoms. The minimum absolute atomic E-state index is 0.130. The molecule has 0 atom stereocenters. The fraction of sp³-hybridized carbons (Fsp3) is 0.0833. The third kappa shape index (κ3) is 6.01. The molecule has 0 aliphatic rings. The Bertz CT molecular complexity index is 1210. The smallest absolute Gasteiger partial charge is 0.343 e. The van der Waals surface area contributed by atoms with Crippen LogP contribution in [0.5, 0.6) is 11.5 Å². The molecule has 2 amide bonds. The summed E-state index contributed by atoms with van der Waals surface area (Å²) in [5.41, 5.74) is 3.00. The van der Waals surface area contributed by atoms with Gasteiger partial charge in [0.2, 0.25) is 0 Å². The normalized spacial score (nSPS) is 10.8. The van der Waals surface area contributed by atoms with Gasteiger partial charge < -0.3 is 14.8 Å². The average molecular weight is 449 g/mol. The summed E-state index contributed by atoms with van der Waals surface area (Å²) in [6.07, 6.45) is 0. The number of ether oxygens (including phenoxy) is 2. The highest BCUT2D eigenvalue weighted by Crippen LogP contribution is 2.21. The van der Waals surface area contributed by atoms with Crippen molar-refractivity contribution in [1.29, 1.82) is 0 Å². The van der Waals surface area contributed by atoms with Gasteiger partial charge in [-0.3, -0.25) is 9.59 Å². The molecule has 3 aromatic rings. The Morgan fingerprint density at radius 3 is 2.24 bits per heavy atom. The molecule has 0 aromatic heterocycles. The summed E-state index contributed by atoms with van der Waals surface area (Å²) in [5, 5.41) is 6.06. The number of carbonyl (C=O) groups excluding carboxylic acids is 3. The number of benzene rings is 3. The monoisotopic (exact) mass is 449 g/mol. The van der Waals surface area contributed by atoms with Crippen LogP contribution in [0.3, 0.4) is 0 Å². The molecule has 3 rings (SSSR count). The second kappa shape index (κ2) is 10.7. The van der Waals surface area contributed by atoms with Crippen molar-refractivity contribution < 1.29 is 28.2 Å². The van der Waals surface area contributed by atoms with Crippen molar-refractivity contribution in [1.82, 2.24) is 5.43 Å². The Labute approximate surface area is 189 Å². The van der Waals surface area contributed by atoms with Gasteiger partial charge in [0.15, 0.2) is 0 Å². The maximum Gasteiger partial charge on any atom is 0.343 e. The Balaban J connectivity index is 1.68. The van der Waals surface area contributed by atoms with Gasteiger partial charge in [-0.2, -0.15) is 5.10 Å². The second-order valence-electron chi connectivity index (χ2n) is 6.69. The first kappa shape index (κ1) is 23.1. The number of hydrazone groups is 1. The number of anilines is 1. The van der Waals surface area contributed by atoms with Gasteiger partial charge >= 0.3 is 17.8 Å². The zero-order valence-electron chi connectivity index (χ0n) is 17.8. The predicted molar refractivity (Wildman–Crippen MR) is 120 cm³/mol. The van der Waals surface area contributed by atoms with Gasteiger partial charge in [-0.1, -0.05) is 24.3 Å². The van der Waals surface area contributed by atoms with Crippen molar-refractivity contribution in [2.75, 3.05) is 12.4 Å². The van der Waals surface area contributed by atoms with E-state index < -0.39 is 23.6 Å². The first-order chi connectivity index (χ1) is 15.9. The van der Waals surface area contributed by atoms with E-state index in [2.05, 4.69) is 15.8 Å². The molecule has 0 fully saturated rings. The number of esters is 1. The lowest BCUT2D eigenvalue weighted by molar-refractivity contribution is -0.136. The largest absolute Gasteiger partial charge is 0.497 e. The Morgan fingerprint density at radius 2 is 1.55 bits per heavy atom. The van der Waals surface area contributed by atoms with Gasteiger partial charge in [0.1, 0.15) is 17.3 Å². The maximum atomic E-state index is 13.6. The SMILES string of the molecule is COc1ccc(C(=O)Oc2ccccc2/C(C)=N/NC(=O)C(=O)Nc2ccccc2F)cc1. The van der Waals surface area contributed by atoms with E-state index in [1.165, 1.54) is 25.3 Å². The summed E-state index contributed by atoms with van der Waals surface area (Å²) in [6.45, 7) is 1.56. The van der Waals surface area contributed by atoms with Gasteiger partial charge in [-0.15, -0.1) is 0 Å². The number of rotatable bonds is 6. The Kier molecular flexibility index (Phi) is 7.48. The highest BCUT2D eigenvalue weighted by atomic mass is 19.1. The van der Waals surface area contributed by atoms with E-state index in [0.717, 1.165) is 6.07 Å². The molecule has 0 saturated heterocycles. The number of halogens is 1. The van der Waals surface area contributed by atoms with Gasteiger partial charge in [-0.05, 0) is 55.5 Å². The van der Waals surface area contributed by atoms with E-state index >= 15 is 0 Å². The summed E-state index contributed by atoms with van der Waals surface area (Å²) < 4.78 is 24.2. The fourth-order valence-electron chi connectivity index (χ4n) is 2.73. The van der Waals surface area contributed by atoms with E-state index in [1.54, 1.807) is 55.5 Å². The van der Waals surface area contributed by atoms with Crippen molar-refractivity contribution in [3.63, 3.8) is 0 Å². The van der Waals surface area contributed by atoms with Crippen LogP contribution in [0.2, 0.25) is 0 Å². The summed E-state index contributed by atoms with van der Waals surface area (Å²) in [5.74, 6) is -2.63. The van der Waals surface area contributed by atoms with Gasteiger partial charge in [-0.25, -0.2) is 14.6 Å². The number of nitrogens with one attached hydrogen (secondary N) is 2. The summed E-state index contributed by atoms with van der Waals surface area (Å²) in [6, 6.07) is 18.4. The highest BCUT2D eigenvalue weighted by molar-refractivity contribution is 6.39. The molecular formula is C24H20FN3O5. The van der Waals surface area contributed by atoms with Crippen LogP contribution in [0.25, 0.3) is 0 Å². The van der Waals surface area contributed by atoms with E-state index in [0.29, 0.717) is 16.9 Å². The molecular weight excluding hydrogens is 429 g/mol. The zero-order valence-corrected chi connectivity index (χ0v) is 17.8. The molecule has 3 aromatic carbocycles. The minimum atomic E-state index is -1.09. The maximum absolute atomic E-state index is 13.6. The number of nitrogens with zero attached hydrogens (tertiary/aromatic N) is 1. The Morgan fingerprint density at radius 1 is 0.879 bits per heavy atom. The van der Waals surface area contributed by atoms with E-state index in [9.17, 15) is 18.8 Å². The molecule has 2 N–H and O–H groups in total. The standard InChI is InChI=1S/C24H20FN3O5/c1-15(27-28-23(30)22(29)26-20-9-5-4-8-19(20)25)18-7-3-6-10-21(18)33-24(31)16-11-13-17(32-2)14-12-16/h3-14H,1-2H3,(H,26,29)(H,28,30)/b27-15+. The molecule has 0 radical (unpaired) electrons.